The van der Waals surface area contributed by atoms with Gasteiger partial charge in [-0.3, -0.25) is 9.59 Å². The Hall–Kier alpha value is -3.01. The largest absolute Gasteiger partial charge is 0.274 e. The third-order valence-electron chi connectivity index (χ3n) is 5.14. The molecule has 4 heteroatoms. The van der Waals surface area contributed by atoms with Gasteiger partial charge < -0.3 is 0 Å². The van der Waals surface area contributed by atoms with Crippen LogP contribution in [0.3, 0.4) is 0 Å². The van der Waals surface area contributed by atoms with Crippen LogP contribution in [0.15, 0.2) is 60.7 Å². The highest BCUT2D eigenvalue weighted by Crippen LogP contribution is 2.33. The van der Waals surface area contributed by atoms with Gasteiger partial charge in [-0.05, 0) is 37.1 Å². The molecule has 130 valence electrons. The number of carbonyl (C=O) groups excluding carboxylic acids is 2. The maximum atomic E-state index is 13.0. The van der Waals surface area contributed by atoms with Crippen molar-refractivity contribution >= 4 is 28.5 Å². The maximum absolute atomic E-state index is 13.0. The number of nitrogens with zero attached hydrogens (tertiary/aromatic N) is 2. The molecule has 0 N–H and O–H groups in total. The first-order chi connectivity index (χ1) is 12.5. The Kier molecular flexibility index (Phi) is 4.03. The summed E-state index contributed by atoms with van der Waals surface area (Å²) in [6.45, 7) is 3.86. The van der Waals surface area contributed by atoms with Crippen molar-refractivity contribution in [2.75, 3.05) is 4.90 Å². The van der Waals surface area contributed by atoms with E-state index in [9.17, 15) is 9.59 Å². The number of aryl methyl sites for hydroxylation is 1. The minimum atomic E-state index is -0.350. The normalized spacial score (nSPS) is 20.2. The van der Waals surface area contributed by atoms with E-state index in [1.54, 1.807) is 6.07 Å². The molecule has 0 aliphatic carbocycles. The highest BCUT2D eigenvalue weighted by atomic mass is 16.2. The fourth-order valence-electron chi connectivity index (χ4n) is 3.51. The zero-order chi connectivity index (χ0) is 18.3. The molecule has 0 spiro atoms. The first-order valence-electron chi connectivity index (χ1n) is 8.84. The van der Waals surface area contributed by atoms with Crippen molar-refractivity contribution in [3.8, 4) is 0 Å². The van der Waals surface area contributed by atoms with Crippen LogP contribution in [0.1, 0.15) is 18.1 Å². The quantitative estimate of drug-likeness (QED) is 0.677. The molecule has 4 nitrogen and oxygen atoms in total. The number of amides is 2. The summed E-state index contributed by atoms with van der Waals surface area (Å²) in [4.78, 5) is 31.6. The number of para-hydroxylation sites is 1. The number of rotatable bonds is 3. The van der Waals surface area contributed by atoms with Gasteiger partial charge in [-0.25, -0.2) is 9.88 Å². The first-order valence-corrected chi connectivity index (χ1v) is 8.84. The van der Waals surface area contributed by atoms with Crippen molar-refractivity contribution in [2.24, 2.45) is 11.8 Å². The molecule has 2 aromatic carbocycles. The first kappa shape index (κ1) is 16.5. The summed E-state index contributed by atoms with van der Waals surface area (Å²) in [5.41, 5.74) is 3.03. The standard InChI is InChI=1S/C22H20N2O2/c1-14-7-9-16(10-8-14)13-18-15(2)21(25)24(22(18)26)20-12-11-17-5-3-4-6-19(17)23-20/h3-12,15,18H,13H2,1-2H3/t15-,18-/m0/s1. The highest BCUT2D eigenvalue weighted by Gasteiger charge is 2.46. The van der Waals surface area contributed by atoms with Gasteiger partial charge in [0.2, 0.25) is 11.8 Å². The summed E-state index contributed by atoms with van der Waals surface area (Å²) < 4.78 is 0. The second-order valence-corrected chi connectivity index (χ2v) is 6.96. The average Bonchev–Trinajstić information content (AvgIpc) is 2.86. The highest BCUT2D eigenvalue weighted by molar-refractivity contribution is 6.21. The van der Waals surface area contributed by atoms with Crippen LogP contribution < -0.4 is 4.90 Å². The molecule has 26 heavy (non-hydrogen) atoms. The van der Waals surface area contributed by atoms with Crippen molar-refractivity contribution in [3.05, 3.63) is 71.8 Å². The number of hydrogen-bond donors (Lipinski definition) is 0. The predicted molar refractivity (Wildman–Crippen MR) is 102 cm³/mol. The molecule has 0 saturated carbocycles. The SMILES string of the molecule is Cc1ccc(C[C@@H]2C(=O)N(c3ccc4ccccc4n3)C(=O)[C@H]2C)cc1. The third-order valence-corrected chi connectivity index (χ3v) is 5.14. The molecule has 1 fully saturated rings. The predicted octanol–water partition coefficient (Wildman–Crippen LogP) is 3.91. The van der Waals surface area contributed by atoms with E-state index in [1.807, 2.05) is 68.4 Å². The van der Waals surface area contributed by atoms with Gasteiger partial charge in [0.05, 0.1) is 11.4 Å². The Morgan fingerprint density at radius 1 is 0.923 bits per heavy atom. The smallest absolute Gasteiger partial charge is 0.239 e. The number of anilines is 1. The molecule has 1 aromatic heterocycles. The van der Waals surface area contributed by atoms with Gasteiger partial charge in [0.25, 0.3) is 0 Å². The molecule has 2 heterocycles. The van der Waals surface area contributed by atoms with Gasteiger partial charge in [-0.1, -0.05) is 55.0 Å². The van der Waals surface area contributed by atoms with Crippen LogP contribution in [0.2, 0.25) is 0 Å². The van der Waals surface area contributed by atoms with Crippen LogP contribution in [-0.2, 0) is 16.0 Å². The average molecular weight is 344 g/mol. The Bertz CT molecular complexity index is 994. The van der Waals surface area contributed by atoms with Crippen LogP contribution in [0.5, 0.6) is 0 Å². The molecule has 0 unspecified atom stereocenters. The Labute approximate surface area is 152 Å². The second-order valence-electron chi connectivity index (χ2n) is 6.96. The molecule has 1 saturated heterocycles. The van der Waals surface area contributed by atoms with Crippen molar-refractivity contribution in [2.45, 2.75) is 20.3 Å². The number of aromatic nitrogens is 1. The van der Waals surface area contributed by atoms with E-state index in [-0.39, 0.29) is 23.7 Å². The fraction of sp³-hybridized carbons (Fsp3) is 0.227. The Balaban J connectivity index is 1.65. The van der Waals surface area contributed by atoms with Crippen molar-refractivity contribution in [1.29, 1.82) is 0 Å². The lowest BCUT2D eigenvalue weighted by molar-refractivity contribution is -0.122. The molecular formula is C22H20N2O2. The summed E-state index contributed by atoms with van der Waals surface area (Å²) in [7, 11) is 0. The Morgan fingerprint density at radius 2 is 1.65 bits per heavy atom. The molecule has 3 aromatic rings. The lowest BCUT2D eigenvalue weighted by atomic mass is 9.90. The number of hydrogen-bond acceptors (Lipinski definition) is 3. The van der Waals surface area contributed by atoms with E-state index in [2.05, 4.69) is 4.98 Å². The number of imide groups is 1. The zero-order valence-corrected chi connectivity index (χ0v) is 14.8. The summed E-state index contributed by atoms with van der Waals surface area (Å²) in [6, 6.07) is 19.4. The van der Waals surface area contributed by atoms with E-state index in [4.69, 9.17) is 0 Å². The molecule has 0 bridgehead atoms. The van der Waals surface area contributed by atoms with Crippen molar-refractivity contribution < 1.29 is 9.59 Å². The van der Waals surface area contributed by atoms with Crippen LogP contribution in [0, 0.1) is 18.8 Å². The van der Waals surface area contributed by atoms with Crippen LogP contribution >= 0.6 is 0 Å². The number of fused-ring (bicyclic) bond motifs is 1. The summed E-state index contributed by atoms with van der Waals surface area (Å²) in [6.07, 6.45) is 0.566. The van der Waals surface area contributed by atoms with Gasteiger partial charge in [0.15, 0.2) is 0 Å². The number of benzene rings is 2. The lowest BCUT2D eigenvalue weighted by Gasteiger charge is -2.14. The molecule has 1 aliphatic rings. The fourth-order valence-corrected chi connectivity index (χ4v) is 3.51. The van der Waals surface area contributed by atoms with Crippen molar-refractivity contribution in [3.63, 3.8) is 0 Å². The third kappa shape index (κ3) is 2.77. The lowest BCUT2D eigenvalue weighted by Crippen LogP contribution is -2.31. The number of carbonyl (C=O) groups is 2. The molecule has 0 radical (unpaired) electrons. The minimum Gasteiger partial charge on any atom is -0.274 e. The van der Waals surface area contributed by atoms with Crippen LogP contribution in [0.25, 0.3) is 10.9 Å². The summed E-state index contributed by atoms with van der Waals surface area (Å²) >= 11 is 0. The van der Waals surface area contributed by atoms with E-state index < -0.39 is 0 Å². The van der Waals surface area contributed by atoms with E-state index in [0.29, 0.717) is 12.2 Å². The molecular weight excluding hydrogens is 324 g/mol. The molecule has 2 amide bonds. The van der Waals surface area contributed by atoms with Gasteiger partial charge in [0, 0.05) is 11.3 Å². The second kappa shape index (κ2) is 6.37. The molecule has 4 rings (SSSR count). The van der Waals surface area contributed by atoms with Gasteiger partial charge in [0.1, 0.15) is 5.82 Å². The van der Waals surface area contributed by atoms with E-state index >= 15 is 0 Å². The topological polar surface area (TPSA) is 50.3 Å². The minimum absolute atomic E-state index is 0.161. The van der Waals surface area contributed by atoms with Gasteiger partial charge >= 0.3 is 0 Å². The summed E-state index contributed by atoms with van der Waals surface area (Å²) in [5.74, 6) is -0.617. The monoisotopic (exact) mass is 344 g/mol. The van der Waals surface area contributed by atoms with E-state index in [0.717, 1.165) is 16.5 Å². The number of pyridine rings is 1. The molecule has 1 aliphatic heterocycles. The van der Waals surface area contributed by atoms with Crippen LogP contribution in [0.4, 0.5) is 5.82 Å². The zero-order valence-electron chi connectivity index (χ0n) is 14.8. The van der Waals surface area contributed by atoms with Crippen LogP contribution in [-0.4, -0.2) is 16.8 Å². The summed E-state index contributed by atoms with van der Waals surface area (Å²) in [5, 5.41) is 0.986. The van der Waals surface area contributed by atoms with E-state index in [1.165, 1.54) is 10.5 Å². The Morgan fingerprint density at radius 3 is 2.42 bits per heavy atom. The van der Waals surface area contributed by atoms with Gasteiger partial charge in [-0.2, -0.15) is 0 Å². The van der Waals surface area contributed by atoms with Gasteiger partial charge in [-0.15, -0.1) is 0 Å². The van der Waals surface area contributed by atoms with Crippen molar-refractivity contribution in [1.82, 2.24) is 4.98 Å². The maximum Gasteiger partial charge on any atom is 0.239 e. The molecule has 2 atom stereocenters.